The normalized spacial score (nSPS) is 17.5. The van der Waals surface area contributed by atoms with Gasteiger partial charge in [0.15, 0.2) is 0 Å². The van der Waals surface area contributed by atoms with Crippen LogP contribution in [0, 0.1) is 0 Å². The van der Waals surface area contributed by atoms with Crippen LogP contribution in [0.4, 0.5) is 4.79 Å². The molecule has 5 rings (SSSR count). The average molecular weight is 525 g/mol. The Hall–Kier alpha value is -3.55. The topological polar surface area (TPSA) is 66.0 Å². The van der Waals surface area contributed by atoms with Crippen LogP contribution in [0.5, 0.6) is 5.75 Å². The lowest BCUT2D eigenvalue weighted by atomic mass is 9.77. The SMILES string of the molecule is CCOc1cccc(C=C(CNC(=O)OCC2c3ccccc3-c3ccccc32)B2OC(C)(C)C(C)(C)O2)c1. The van der Waals surface area contributed by atoms with Gasteiger partial charge in [0, 0.05) is 12.5 Å². The van der Waals surface area contributed by atoms with E-state index < -0.39 is 24.4 Å². The summed E-state index contributed by atoms with van der Waals surface area (Å²) in [6.45, 7) is 11.1. The molecule has 0 atom stereocenters. The highest BCUT2D eigenvalue weighted by Crippen LogP contribution is 2.44. The van der Waals surface area contributed by atoms with E-state index in [0.29, 0.717) is 6.61 Å². The van der Waals surface area contributed by atoms with E-state index >= 15 is 0 Å². The molecule has 0 saturated carbocycles. The fourth-order valence-electron chi connectivity index (χ4n) is 5.10. The minimum atomic E-state index is -0.611. The van der Waals surface area contributed by atoms with Gasteiger partial charge >= 0.3 is 13.2 Å². The molecule has 0 spiro atoms. The largest absolute Gasteiger partial charge is 0.494 e. The first-order chi connectivity index (χ1) is 18.7. The molecule has 1 aliphatic heterocycles. The monoisotopic (exact) mass is 525 g/mol. The molecule has 3 aromatic rings. The predicted molar refractivity (Wildman–Crippen MR) is 155 cm³/mol. The van der Waals surface area contributed by atoms with E-state index in [4.69, 9.17) is 18.8 Å². The first kappa shape index (κ1) is 27.0. The zero-order valence-electron chi connectivity index (χ0n) is 23.3. The first-order valence-electron chi connectivity index (χ1n) is 13.6. The second-order valence-corrected chi connectivity index (χ2v) is 11.0. The van der Waals surface area contributed by atoms with E-state index in [0.717, 1.165) is 16.8 Å². The van der Waals surface area contributed by atoms with E-state index in [2.05, 4.69) is 29.6 Å². The number of carbonyl (C=O) groups excluding carboxylic acids is 1. The van der Waals surface area contributed by atoms with Crippen molar-refractivity contribution in [3.8, 4) is 16.9 Å². The van der Waals surface area contributed by atoms with Gasteiger partial charge in [-0.3, -0.25) is 0 Å². The fourth-order valence-corrected chi connectivity index (χ4v) is 5.10. The molecular formula is C32H36BNO5. The molecule has 39 heavy (non-hydrogen) atoms. The number of ether oxygens (including phenoxy) is 2. The quantitative estimate of drug-likeness (QED) is 0.334. The van der Waals surface area contributed by atoms with Crippen molar-refractivity contribution in [2.24, 2.45) is 0 Å². The van der Waals surface area contributed by atoms with Crippen LogP contribution in [-0.4, -0.2) is 44.2 Å². The Kier molecular flexibility index (Phi) is 7.56. The lowest BCUT2D eigenvalue weighted by Crippen LogP contribution is -2.41. The number of alkyl carbamates (subject to hydrolysis) is 1. The zero-order valence-corrected chi connectivity index (χ0v) is 23.3. The van der Waals surface area contributed by atoms with Crippen LogP contribution in [0.3, 0.4) is 0 Å². The fraction of sp³-hybridized carbons (Fsp3) is 0.344. The number of rotatable bonds is 8. The molecule has 0 radical (unpaired) electrons. The number of hydrogen-bond donors (Lipinski definition) is 1. The van der Waals surface area contributed by atoms with Crippen molar-refractivity contribution in [2.45, 2.75) is 51.7 Å². The van der Waals surface area contributed by atoms with Gasteiger partial charge in [0.1, 0.15) is 12.4 Å². The third-order valence-electron chi connectivity index (χ3n) is 7.86. The summed E-state index contributed by atoms with van der Waals surface area (Å²) in [5.74, 6) is 0.784. The van der Waals surface area contributed by atoms with Crippen molar-refractivity contribution in [3.63, 3.8) is 0 Å². The Morgan fingerprint density at radius 3 is 2.15 bits per heavy atom. The molecule has 1 N–H and O–H groups in total. The molecule has 7 heteroatoms. The summed E-state index contributed by atoms with van der Waals surface area (Å²) in [6.07, 6.45) is 1.50. The summed E-state index contributed by atoms with van der Waals surface area (Å²) in [5, 5.41) is 2.93. The number of benzene rings is 3. The molecule has 1 amide bonds. The second kappa shape index (κ2) is 10.9. The number of carbonyl (C=O) groups is 1. The van der Waals surface area contributed by atoms with Gasteiger partial charge in [0.25, 0.3) is 0 Å². The Labute approximate surface area is 231 Å². The minimum Gasteiger partial charge on any atom is -0.494 e. The van der Waals surface area contributed by atoms with Crippen LogP contribution in [0.25, 0.3) is 17.2 Å². The van der Waals surface area contributed by atoms with Crippen LogP contribution in [0.2, 0.25) is 0 Å². The molecule has 2 aliphatic rings. The molecule has 1 fully saturated rings. The molecule has 6 nitrogen and oxygen atoms in total. The van der Waals surface area contributed by atoms with Crippen LogP contribution in [0.15, 0.2) is 78.3 Å². The van der Waals surface area contributed by atoms with E-state index in [1.807, 2.05) is 89.2 Å². The highest BCUT2D eigenvalue weighted by atomic mass is 16.7. The predicted octanol–water partition coefficient (Wildman–Crippen LogP) is 6.64. The summed E-state index contributed by atoms with van der Waals surface area (Å²) in [7, 11) is -0.611. The molecule has 0 unspecified atom stereocenters. The van der Waals surface area contributed by atoms with Gasteiger partial charge in [0.05, 0.1) is 17.8 Å². The van der Waals surface area contributed by atoms with Crippen molar-refractivity contribution in [3.05, 3.63) is 95.0 Å². The Bertz CT molecular complexity index is 1320. The maximum atomic E-state index is 12.9. The standard InChI is InChI=1S/C32H36BNO5/c1-6-36-24-13-11-12-22(19-24)18-23(33-38-31(2,3)32(4,5)39-33)20-34-30(35)37-21-29-27-16-9-7-14-25(27)26-15-8-10-17-28(26)29/h7-19,29H,6,20-21H2,1-5H3,(H,34,35). The summed E-state index contributed by atoms with van der Waals surface area (Å²) < 4.78 is 24.1. The molecule has 0 bridgehead atoms. The molecule has 0 aromatic heterocycles. The maximum absolute atomic E-state index is 12.9. The lowest BCUT2D eigenvalue weighted by Gasteiger charge is -2.32. The van der Waals surface area contributed by atoms with Crippen LogP contribution >= 0.6 is 0 Å². The lowest BCUT2D eigenvalue weighted by molar-refractivity contribution is 0.00578. The second-order valence-electron chi connectivity index (χ2n) is 11.0. The van der Waals surface area contributed by atoms with Crippen LogP contribution < -0.4 is 10.1 Å². The molecule has 1 aliphatic carbocycles. The van der Waals surface area contributed by atoms with Gasteiger partial charge in [-0.15, -0.1) is 0 Å². The molecule has 202 valence electrons. The minimum absolute atomic E-state index is 0.00238. The summed E-state index contributed by atoms with van der Waals surface area (Å²) in [5.41, 5.74) is 5.46. The van der Waals surface area contributed by atoms with Gasteiger partial charge in [-0.2, -0.15) is 0 Å². The number of amides is 1. The van der Waals surface area contributed by atoms with Gasteiger partial charge in [-0.25, -0.2) is 4.79 Å². The van der Waals surface area contributed by atoms with Crippen molar-refractivity contribution >= 4 is 19.3 Å². The van der Waals surface area contributed by atoms with Gasteiger partial charge in [-0.1, -0.05) is 66.7 Å². The maximum Gasteiger partial charge on any atom is 0.492 e. The average Bonchev–Trinajstić information content (AvgIpc) is 3.34. The van der Waals surface area contributed by atoms with E-state index in [1.54, 1.807) is 0 Å². The zero-order chi connectivity index (χ0) is 27.6. The summed E-state index contributed by atoms with van der Waals surface area (Å²) >= 11 is 0. The van der Waals surface area contributed by atoms with Gasteiger partial charge < -0.3 is 24.1 Å². The summed E-state index contributed by atoms with van der Waals surface area (Å²) in [6, 6.07) is 24.4. The number of fused-ring (bicyclic) bond motifs is 3. The van der Waals surface area contributed by atoms with Crippen molar-refractivity contribution in [1.29, 1.82) is 0 Å². The van der Waals surface area contributed by atoms with Crippen LogP contribution in [-0.2, 0) is 14.0 Å². The Balaban J connectivity index is 1.30. The Morgan fingerprint density at radius 2 is 1.54 bits per heavy atom. The van der Waals surface area contributed by atoms with Crippen LogP contribution in [0.1, 0.15) is 57.2 Å². The third-order valence-corrected chi connectivity index (χ3v) is 7.86. The smallest absolute Gasteiger partial charge is 0.492 e. The molecule has 1 heterocycles. The molecule has 1 saturated heterocycles. The highest BCUT2D eigenvalue weighted by molar-refractivity contribution is 6.56. The number of nitrogens with one attached hydrogen (secondary N) is 1. The Morgan fingerprint density at radius 1 is 0.923 bits per heavy atom. The third kappa shape index (κ3) is 5.61. The molecular weight excluding hydrogens is 489 g/mol. The van der Waals surface area contributed by atoms with Gasteiger partial charge in [-0.05, 0) is 80.0 Å². The van der Waals surface area contributed by atoms with E-state index in [1.165, 1.54) is 22.3 Å². The highest BCUT2D eigenvalue weighted by Gasteiger charge is 2.52. The van der Waals surface area contributed by atoms with Gasteiger partial charge in [0.2, 0.25) is 0 Å². The van der Waals surface area contributed by atoms with Crippen molar-refractivity contribution in [1.82, 2.24) is 5.32 Å². The van der Waals surface area contributed by atoms with E-state index in [9.17, 15) is 4.79 Å². The number of hydrogen-bond acceptors (Lipinski definition) is 5. The first-order valence-corrected chi connectivity index (χ1v) is 13.6. The van der Waals surface area contributed by atoms with Crippen molar-refractivity contribution in [2.75, 3.05) is 19.8 Å². The molecule has 3 aromatic carbocycles. The summed E-state index contributed by atoms with van der Waals surface area (Å²) in [4.78, 5) is 12.9. The van der Waals surface area contributed by atoms with E-state index in [-0.39, 0.29) is 19.1 Å². The van der Waals surface area contributed by atoms with Crippen molar-refractivity contribution < 1.29 is 23.6 Å².